The first-order valence-electron chi connectivity index (χ1n) is 6.75. The molecule has 0 aliphatic rings. The quantitative estimate of drug-likeness (QED) is 0.477. The molecule has 0 radical (unpaired) electrons. The van der Waals surface area contributed by atoms with Gasteiger partial charge >= 0.3 is 0 Å². The van der Waals surface area contributed by atoms with E-state index in [4.69, 9.17) is 23.2 Å². The molecule has 0 fully saturated rings. The van der Waals surface area contributed by atoms with Crippen LogP contribution in [0.4, 0.5) is 0 Å². The molecule has 2 heterocycles. The molecule has 1 aromatic carbocycles. The Balaban J connectivity index is 2.21. The molecule has 3 aromatic rings. The molecule has 3 rings (SSSR count). The van der Waals surface area contributed by atoms with Gasteiger partial charge in [0.1, 0.15) is 0 Å². The zero-order valence-electron chi connectivity index (χ0n) is 12.0. The first-order chi connectivity index (χ1) is 11.2. The maximum absolute atomic E-state index is 6.37. The molecule has 0 spiro atoms. The zero-order chi connectivity index (χ0) is 16.2. The Morgan fingerprint density at radius 2 is 2.09 bits per heavy atom. The average molecular weight is 363 g/mol. The molecule has 0 unspecified atom stereocenters. The van der Waals surface area contributed by atoms with Gasteiger partial charge in [-0.1, -0.05) is 41.0 Å². The van der Waals surface area contributed by atoms with Crippen molar-refractivity contribution in [3.05, 3.63) is 65.4 Å². The molecule has 23 heavy (non-hydrogen) atoms. The number of halogens is 2. The van der Waals surface area contributed by atoms with Gasteiger partial charge in [-0.25, -0.2) is 0 Å². The Bertz CT molecular complexity index is 833. The highest BCUT2D eigenvalue weighted by Gasteiger charge is 2.18. The lowest BCUT2D eigenvalue weighted by atomic mass is 10.2. The van der Waals surface area contributed by atoms with E-state index in [2.05, 4.69) is 21.8 Å². The minimum atomic E-state index is 0.569. The molecular formula is C16H12Cl2N4S. The van der Waals surface area contributed by atoms with Crippen molar-refractivity contribution in [1.82, 2.24) is 19.7 Å². The summed E-state index contributed by atoms with van der Waals surface area (Å²) in [6.45, 7) is 3.74. The van der Waals surface area contributed by atoms with Crippen LogP contribution in [-0.2, 0) is 0 Å². The molecule has 0 saturated carbocycles. The molecule has 0 amide bonds. The fourth-order valence-electron chi connectivity index (χ4n) is 2.05. The summed E-state index contributed by atoms with van der Waals surface area (Å²) in [5.74, 6) is 1.37. The van der Waals surface area contributed by atoms with E-state index in [9.17, 15) is 0 Å². The van der Waals surface area contributed by atoms with Crippen LogP contribution in [0, 0.1) is 0 Å². The van der Waals surface area contributed by atoms with Crippen LogP contribution in [0.5, 0.6) is 0 Å². The molecule has 2 aromatic heterocycles. The smallest absolute Gasteiger partial charge is 0.196 e. The number of benzene rings is 1. The number of aromatic nitrogens is 4. The summed E-state index contributed by atoms with van der Waals surface area (Å²) in [5, 5.41) is 10.5. The van der Waals surface area contributed by atoms with Gasteiger partial charge in [0, 0.05) is 28.7 Å². The number of rotatable bonds is 5. The Morgan fingerprint density at radius 3 is 2.83 bits per heavy atom. The molecule has 0 saturated heterocycles. The maximum atomic E-state index is 6.37. The number of nitrogens with zero attached hydrogens (tertiary/aromatic N) is 4. The molecule has 4 nitrogen and oxygen atoms in total. The van der Waals surface area contributed by atoms with E-state index >= 15 is 0 Å². The fraction of sp³-hybridized carbons (Fsp3) is 0.0625. The van der Waals surface area contributed by atoms with Crippen molar-refractivity contribution < 1.29 is 0 Å². The molecule has 116 valence electrons. The van der Waals surface area contributed by atoms with Crippen LogP contribution in [0.15, 0.2) is 60.5 Å². The van der Waals surface area contributed by atoms with E-state index in [0.29, 0.717) is 26.8 Å². The second-order valence-corrected chi connectivity index (χ2v) is 6.41. The summed E-state index contributed by atoms with van der Waals surface area (Å²) >= 11 is 14.0. The summed E-state index contributed by atoms with van der Waals surface area (Å²) in [7, 11) is 0. The van der Waals surface area contributed by atoms with Crippen LogP contribution in [0.2, 0.25) is 10.0 Å². The van der Waals surface area contributed by atoms with Crippen molar-refractivity contribution in [3.8, 4) is 17.1 Å². The SMILES string of the molecule is C=CCSc1nnc(-c2cccnc2)n1-c1cc(Cl)ccc1Cl. The van der Waals surface area contributed by atoms with Crippen molar-refractivity contribution >= 4 is 35.0 Å². The highest BCUT2D eigenvalue weighted by molar-refractivity contribution is 7.99. The number of hydrogen-bond donors (Lipinski definition) is 0. The van der Waals surface area contributed by atoms with Gasteiger partial charge in [0.15, 0.2) is 11.0 Å². The monoisotopic (exact) mass is 362 g/mol. The molecule has 0 N–H and O–H groups in total. The summed E-state index contributed by atoms with van der Waals surface area (Å²) < 4.78 is 1.89. The molecule has 0 aliphatic carbocycles. The van der Waals surface area contributed by atoms with Gasteiger partial charge in [-0.2, -0.15) is 0 Å². The molecule has 0 bridgehead atoms. The first kappa shape index (κ1) is 16.1. The predicted octanol–water partition coefficient (Wildman–Crippen LogP) is 4.91. The van der Waals surface area contributed by atoms with Crippen LogP contribution >= 0.6 is 35.0 Å². The highest BCUT2D eigenvalue weighted by Crippen LogP contribution is 2.32. The Kier molecular flexibility index (Phi) is 5.00. The standard InChI is InChI=1S/C16H12Cl2N4S/c1-2-8-23-16-21-20-15(11-4-3-7-19-10-11)22(16)14-9-12(17)5-6-13(14)18/h2-7,9-10H,1,8H2. The van der Waals surface area contributed by atoms with Crippen LogP contribution < -0.4 is 0 Å². The maximum Gasteiger partial charge on any atom is 0.196 e. The molecular weight excluding hydrogens is 351 g/mol. The van der Waals surface area contributed by atoms with Crippen LogP contribution in [0.25, 0.3) is 17.1 Å². The average Bonchev–Trinajstić information content (AvgIpc) is 2.99. The summed E-state index contributed by atoms with van der Waals surface area (Å²) in [6, 6.07) is 9.08. The van der Waals surface area contributed by atoms with E-state index in [1.165, 1.54) is 11.8 Å². The van der Waals surface area contributed by atoms with Gasteiger partial charge in [0.2, 0.25) is 0 Å². The molecule has 0 aliphatic heterocycles. The van der Waals surface area contributed by atoms with Gasteiger partial charge in [-0.15, -0.1) is 16.8 Å². The summed E-state index contributed by atoms with van der Waals surface area (Å²) in [4.78, 5) is 4.14. The predicted molar refractivity (Wildman–Crippen MR) is 95.5 cm³/mol. The second kappa shape index (κ2) is 7.17. The van der Waals surface area contributed by atoms with Gasteiger partial charge < -0.3 is 0 Å². The minimum absolute atomic E-state index is 0.569. The number of hydrogen-bond acceptors (Lipinski definition) is 4. The van der Waals surface area contributed by atoms with Crippen molar-refractivity contribution in [2.45, 2.75) is 5.16 Å². The number of pyridine rings is 1. The van der Waals surface area contributed by atoms with E-state index in [0.717, 1.165) is 11.3 Å². The largest absolute Gasteiger partial charge is 0.268 e. The lowest BCUT2D eigenvalue weighted by Crippen LogP contribution is -2.01. The molecule has 0 atom stereocenters. The summed E-state index contributed by atoms with van der Waals surface area (Å²) in [6.07, 6.45) is 5.26. The minimum Gasteiger partial charge on any atom is -0.268 e. The zero-order valence-corrected chi connectivity index (χ0v) is 14.3. The van der Waals surface area contributed by atoms with E-state index in [1.54, 1.807) is 30.6 Å². The van der Waals surface area contributed by atoms with E-state index in [-0.39, 0.29) is 0 Å². The normalized spacial score (nSPS) is 10.7. The third-order valence-electron chi connectivity index (χ3n) is 3.03. The fourth-order valence-corrected chi connectivity index (χ4v) is 3.10. The lowest BCUT2D eigenvalue weighted by Gasteiger charge is -2.12. The number of thioether (sulfide) groups is 1. The third-order valence-corrected chi connectivity index (χ3v) is 4.51. The summed E-state index contributed by atoms with van der Waals surface area (Å²) in [5.41, 5.74) is 1.58. The van der Waals surface area contributed by atoms with Gasteiger partial charge in [-0.3, -0.25) is 9.55 Å². The van der Waals surface area contributed by atoms with Gasteiger partial charge in [-0.05, 0) is 30.3 Å². The second-order valence-electron chi connectivity index (χ2n) is 4.58. The van der Waals surface area contributed by atoms with Crippen molar-refractivity contribution in [2.75, 3.05) is 5.75 Å². The van der Waals surface area contributed by atoms with Crippen LogP contribution in [0.3, 0.4) is 0 Å². The van der Waals surface area contributed by atoms with Crippen LogP contribution in [-0.4, -0.2) is 25.5 Å². The lowest BCUT2D eigenvalue weighted by molar-refractivity contribution is 0.887. The highest BCUT2D eigenvalue weighted by atomic mass is 35.5. The van der Waals surface area contributed by atoms with E-state index < -0.39 is 0 Å². The van der Waals surface area contributed by atoms with Crippen molar-refractivity contribution in [1.29, 1.82) is 0 Å². The van der Waals surface area contributed by atoms with Gasteiger partial charge in [0.05, 0.1) is 10.7 Å². The van der Waals surface area contributed by atoms with Crippen molar-refractivity contribution in [3.63, 3.8) is 0 Å². The molecule has 7 heteroatoms. The van der Waals surface area contributed by atoms with E-state index in [1.807, 2.05) is 22.8 Å². The van der Waals surface area contributed by atoms with Crippen LogP contribution in [0.1, 0.15) is 0 Å². The third kappa shape index (κ3) is 3.42. The Hall–Kier alpha value is -1.82. The van der Waals surface area contributed by atoms with Gasteiger partial charge in [0.25, 0.3) is 0 Å². The topological polar surface area (TPSA) is 43.6 Å². The van der Waals surface area contributed by atoms with Crippen molar-refractivity contribution in [2.24, 2.45) is 0 Å². The first-order valence-corrected chi connectivity index (χ1v) is 8.50. The Labute approximate surface area is 148 Å². The Morgan fingerprint density at radius 1 is 1.22 bits per heavy atom.